The van der Waals surface area contributed by atoms with Crippen LogP contribution in [0, 0.1) is 12.7 Å². The molecular weight excluding hydrogens is 275 g/mol. The van der Waals surface area contributed by atoms with Crippen molar-refractivity contribution in [2.75, 3.05) is 12.4 Å². The highest BCUT2D eigenvalue weighted by molar-refractivity contribution is 6.08. The lowest BCUT2D eigenvalue weighted by molar-refractivity contribution is 0.0954. The van der Waals surface area contributed by atoms with E-state index in [1.807, 2.05) is 0 Å². The molecule has 2 N–H and O–H groups in total. The monoisotopic (exact) mass is 290 g/mol. The van der Waals surface area contributed by atoms with Crippen molar-refractivity contribution in [3.05, 3.63) is 47.0 Å². The zero-order chi connectivity index (χ0) is 15.6. The van der Waals surface area contributed by atoms with Gasteiger partial charge in [-0.05, 0) is 19.1 Å². The number of benzene rings is 1. The van der Waals surface area contributed by atoms with Crippen LogP contribution >= 0.6 is 0 Å². The van der Waals surface area contributed by atoms with Crippen molar-refractivity contribution in [3.63, 3.8) is 0 Å². The van der Waals surface area contributed by atoms with Gasteiger partial charge in [0.15, 0.2) is 0 Å². The van der Waals surface area contributed by atoms with Crippen LogP contribution in [0.4, 0.5) is 10.1 Å². The fourth-order valence-corrected chi connectivity index (χ4v) is 2.01. The van der Waals surface area contributed by atoms with Crippen molar-refractivity contribution >= 4 is 17.5 Å². The Balaban J connectivity index is 2.38. The summed E-state index contributed by atoms with van der Waals surface area (Å²) in [5, 5.41) is 9.12. The number of nitrogens with zero attached hydrogens (tertiary/aromatic N) is 2. The van der Waals surface area contributed by atoms with Gasteiger partial charge in [0.05, 0.1) is 16.9 Å². The Bertz CT molecular complexity index is 709. The van der Waals surface area contributed by atoms with E-state index < -0.39 is 11.7 Å². The average Bonchev–Trinajstić information content (AvgIpc) is 2.73. The molecule has 2 rings (SSSR count). The lowest BCUT2D eigenvalue weighted by Crippen LogP contribution is -2.24. The third kappa shape index (κ3) is 2.76. The Morgan fingerprint density at radius 1 is 1.24 bits per heavy atom. The molecule has 0 radical (unpaired) electrons. The number of aromatic nitrogens is 2. The first kappa shape index (κ1) is 14.7. The van der Waals surface area contributed by atoms with E-state index in [2.05, 4.69) is 15.7 Å². The SMILES string of the molecule is CNC(=O)c1c(NC(=O)c2ccccc2F)c(C)nn1C. The summed E-state index contributed by atoms with van der Waals surface area (Å²) in [6, 6.07) is 5.63. The number of aryl methyl sites for hydroxylation is 2. The van der Waals surface area contributed by atoms with E-state index in [1.54, 1.807) is 20.0 Å². The highest BCUT2D eigenvalue weighted by Gasteiger charge is 2.22. The molecule has 110 valence electrons. The zero-order valence-electron chi connectivity index (χ0n) is 11.9. The molecule has 21 heavy (non-hydrogen) atoms. The number of nitrogens with one attached hydrogen (secondary N) is 2. The Labute approximate surface area is 121 Å². The molecule has 2 amide bonds. The van der Waals surface area contributed by atoms with Gasteiger partial charge in [-0.15, -0.1) is 0 Å². The first-order chi connectivity index (χ1) is 9.95. The number of rotatable bonds is 3. The normalized spacial score (nSPS) is 10.3. The lowest BCUT2D eigenvalue weighted by Gasteiger charge is -2.08. The predicted molar refractivity (Wildman–Crippen MR) is 75.7 cm³/mol. The molecule has 1 aromatic heterocycles. The van der Waals surface area contributed by atoms with Gasteiger partial charge in [-0.25, -0.2) is 4.39 Å². The minimum atomic E-state index is -0.630. The van der Waals surface area contributed by atoms with E-state index in [9.17, 15) is 14.0 Å². The molecule has 6 nitrogen and oxygen atoms in total. The second-order valence-corrected chi connectivity index (χ2v) is 4.45. The van der Waals surface area contributed by atoms with Crippen LogP contribution in [0.3, 0.4) is 0 Å². The number of anilines is 1. The maximum atomic E-state index is 13.6. The molecule has 0 aliphatic heterocycles. The summed E-state index contributed by atoms with van der Waals surface area (Å²) in [5.74, 6) is -1.64. The molecule has 0 aliphatic rings. The number of carbonyl (C=O) groups is 2. The summed E-state index contributed by atoms with van der Waals surface area (Å²) in [6.07, 6.45) is 0. The molecule has 0 unspecified atom stereocenters. The smallest absolute Gasteiger partial charge is 0.271 e. The second-order valence-electron chi connectivity index (χ2n) is 4.45. The van der Waals surface area contributed by atoms with Gasteiger partial charge in [-0.1, -0.05) is 12.1 Å². The number of carbonyl (C=O) groups excluding carboxylic acids is 2. The summed E-state index contributed by atoms with van der Waals surface area (Å²) >= 11 is 0. The van der Waals surface area contributed by atoms with Gasteiger partial charge in [-0.2, -0.15) is 5.10 Å². The Morgan fingerprint density at radius 3 is 2.52 bits per heavy atom. The van der Waals surface area contributed by atoms with Gasteiger partial charge in [-0.3, -0.25) is 14.3 Å². The fourth-order valence-electron chi connectivity index (χ4n) is 2.01. The van der Waals surface area contributed by atoms with Crippen LogP contribution in [0.15, 0.2) is 24.3 Å². The maximum Gasteiger partial charge on any atom is 0.271 e. The van der Waals surface area contributed by atoms with Crippen molar-refractivity contribution in [2.45, 2.75) is 6.92 Å². The molecule has 0 aliphatic carbocycles. The molecule has 0 saturated carbocycles. The van der Waals surface area contributed by atoms with E-state index in [-0.39, 0.29) is 22.9 Å². The van der Waals surface area contributed by atoms with Gasteiger partial charge in [0, 0.05) is 14.1 Å². The molecule has 2 aromatic rings. The summed E-state index contributed by atoms with van der Waals surface area (Å²) < 4.78 is 15.0. The molecule has 0 atom stereocenters. The molecule has 1 aromatic carbocycles. The van der Waals surface area contributed by atoms with Crippen LogP contribution in [0.25, 0.3) is 0 Å². The molecule has 1 heterocycles. The summed E-state index contributed by atoms with van der Waals surface area (Å²) in [7, 11) is 3.07. The van der Waals surface area contributed by atoms with Crippen molar-refractivity contribution in [3.8, 4) is 0 Å². The van der Waals surface area contributed by atoms with Crippen molar-refractivity contribution < 1.29 is 14.0 Å². The molecule has 0 bridgehead atoms. The van der Waals surface area contributed by atoms with E-state index >= 15 is 0 Å². The molecule has 0 saturated heterocycles. The molecular formula is C14H15FN4O2. The summed E-state index contributed by atoms with van der Waals surface area (Å²) in [5.41, 5.74) is 0.856. The number of halogens is 1. The molecule has 0 spiro atoms. The van der Waals surface area contributed by atoms with Gasteiger partial charge in [0.25, 0.3) is 11.8 Å². The predicted octanol–water partition coefficient (Wildman–Crippen LogP) is 1.48. The van der Waals surface area contributed by atoms with Crippen molar-refractivity contribution in [1.82, 2.24) is 15.1 Å². The third-order valence-corrected chi connectivity index (χ3v) is 3.02. The number of hydrogen-bond acceptors (Lipinski definition) is 3. The minimum Gasteiger partial charge on any atom is -0.354 e. The van der Waals surface area contributed by atoms with Crippen molar-refractivity contribution in [2.24, 2.45) is 7.05 Å². The fraction of sp³-hybridized carbons (Fsp3) is 0.214. The first-order valence-corrected chi connectivity index (χ1v) is 6.27. The van der Waals surface area contributed by atoms with Crippen LogP contribution in [0.2, 0.25) is 0 Å². The van der Waals surface area contributed by atoms with Gasteiger partial charge in [0.1, 0.15) is 11.5 Å². The highest BCUT2D eigenvalue weighted by atomic mass is 19.1. The lowest BCUT2D eigenvalue weighted by atomic mass is 10.2. The largest absolute Gasteiger partial charge is 0.354 e. The quantitative estimate of drug-likeness (QED) is 0.899. The number of hydrogen-bond donors (Lipinski definition) is 2. The first-order valence-electron chi connectivity index (χ1n) is 6.27. The Hall–Kier alpha value is -2.70. The van der Waals surface area contributed by atoms with E-state index in [1.165, 1.54) is 29.9 Å². The van der Waals surface area contributed by atoms with Gasteiger partial charge < -0.3 is 10.6 Å². The van der Waals surface area contributed by atoms with E-state index in [4.69, 9.17) is 0 Å². The molecule has 0 fully saturated rings. The average molecular weight is 290 g/mol. The van der Waals surface area contributed by atoms with Crippen molar-refractivity contribution in [1.29, 1.82) is 0 Å². The zero-order valence-corrected chi connectivity index (χ0v) is 11.9. The second kappa shape index (κ2) is 5.74. The Kier molecular flexibility index (Phi) is 4.02. The number of amides is 2. The van der Waals surface area contributed by atoms with E-state index in [0.29, 0.717) is 5.69 Å². The van der Waals surface area contributed by atoms with Crippen LogP contribution in [-0.4, -0.2) is 28.6 Å². The van der Waals surface area contributed by atoms with Crippen LogP contribution in [-0.2, 0) is 7.05 Å². The Morgan fingerprint density at radius 2 is 1.90 bits per heavy atom. The topological polar surface area (TPSA) is 76.0 Å². The van der Waals surface area contributed by atoms with Gasteiger partial charge in [0.2, 0.25) is 0 Å². The van der Waals surface area contributed by atoms with Crippen LogP contribution in [0.5, 0.6) is 0 Å². The summed E-state index contributed by atoms with van der Waals surface area (Å²) in [4.78, 5) is 24.0. The standard InChI is InChI=1S/C14H15FN4O2/c1-8-11(12(14(21)16-2)19(3)18-8)17-13(20)9-6-4-5-7-10(9)15/h4-7H,1-3H3,(H,16,21)(H,17,20). The van der Waals surface area contributed by atoms with Crippen LogP contribution in [0.1, 0.15) is 26.5 Å². The minimum absolute atomic E-state index is 0.0939. The highest BCUT2D eigenvalue weighted by Crippen LogP contribution is 2.21. The maximum absolute atomic E-state index is 13.6. The third-order valence-electron chi connectivity index (χ3n) is 3.02. The molecule has 7 heteroatoms. The summed E-state index contributed by atoms with van der Waals surface area (Å²) in [6.45, 7) is 1.66. The van der Waals surface area contributed by atoms with Crippen LogP contribution < -0.4 is 10.6 Å². The van der Waals surface area contributed by atoms with E-state index in [0.717, 1.165) is 0 Å². The van der Waals surface area contributed by atoms with Gasteiger partial charge >= 0.3 is 0 Å².